The number of fused-ring (bicyclic) bond motifs is 1. The molecule has 0 aliphatic carbocycles. The maximum absolute atomic E-state index is 8.89. The minimum absolute atomic E-state index is 0.0749. The van der Waals surface area contributed by atoms with Gasteiger partial charge in [0.05, 0.1) is 16.7 Å². The van der Waals surface area contributed by atoms with Crippen molar-refractivity contribution in [1.29, 1.82) is 0 Å². The predicted octanol–water partition coefficient (Wildman–Crippen LogP) is 1.48. The highest BCUT2D eigenvalue weighted by molar-refractivity contribution is 6.33. The van der Waals surface area contributed by atoms with Gasteiger partial charge in [0.2, 0.25) is 0 Å². The number of nitrogens with zero attached hydrogens (tertiary/aromatic N) is 2. The summed E-state index contributed by atoms with van der Waals surface area (Å²) in [6.45, 7) is -0.0749. The zero-order valence-corrected chi connectivity index (χ0v) is 6.99. The number of aliphatic hydroxyl groups is 1. The highest BCUT2D eigenvalue weighted by Crippen LogP contribution is 2.17. The maximum atomic E-state index is 8.89. The molecule has 0 amide bonds. The molecule has 2 rings (SSSR count). The van der Waals surface area contributed by atoms with E-state index in [1.807, 2.05) is 12.3 Å². The monoisotopic (exact) mass is 182 g/mol. The summed E-state index contributed by atoms with van der Waals surface area (Å²) in [5, 5.41) is 9.53. The number of halogens is 1. The molecule has 2 heterocycles. The Bertz CT molecular complexity index is 410. The minimum Gasteiger partial charge on any atom is -0.388 e. The van der Waals surface area contributed by atoms with Gasteiger partial charge in [0.25, 0.3) is 0 Å². The van der Waals surface area contributed by atoms with Crippen LogP contribution < -0.4 is 0 Å². The Morgan fingerprint density at radius 3 is 3.17 bits per heavy atom. The van der Waals surface area contributed by atoms with Crippen molar-refractivity contribution in [2.45, 2.75) is 6.61 Å². The smallest absolute Gasteiger partial charge is 0.139 e. The SMILES string of the molecule is OCc1ncc2c(Cl)cccn12. The molecule has 0 unspecified atom stereocenters. The molecule has 0 aromatic carbocycles. The average molecular weight is 183 g/mol. The summed E-state index contributed by atoms with van der Waals surface area (Å²) in [5.41, 5.74) is 0.822. The first kappa shape index (κ1) is 7.58. The van der Waals surface area contributed by atoms with Crippen LogP contribution in [-0.4, -0.2) is 14.5 Å². The molecule has 2 aromatic rings. The van der Waals surface area contributed by atoms with E-state index in [2.05, 4.69) is 4.98 Å². The van der Waals surface area contributed by atoms with Crippen molar-refractivity contribution in [3.05, 3.63) is 35.4 Å². The summed E-state index contributed by atoms with van der Waals surface area (Å²) in [6, 6.07) is 3.61. The van der Waals surface area contributed by atoms with Crippen LogP contribution in [0.2, 0.25) is 5.02 Å². The highest BCUT2D eigenvalue weighted by atomic mass is 35.5. The molecule has 2 aromatic heterocycles. The van der Waals surface area contributed by atoms with Crippen LogP contribution in [0.15, 0.2) is 24.5 Å². The molecule has 0 fully saturated rings. The first-order valence-corrected chi connectivity index (χ1v) is 3.92. The zero-order chi connectivity index (χ0) is 8.55. The van der Waals surface area contributed by atoms with E-state index < -0.39 is 0 Å². The van der Waals surface area contributed by atoms with Gasteiger partial charge in [-0.25, -0.2) is 4.98 Å². The molecular weight excluding hydrogens is 176 g/mol. The van der Waals surface area contributed by atoms with E-state index in [4.69, 9.17) is 16.7 Å². The molecule has 12 heavy (non-hydrogen) atoms. The maximum Gasteiger partial charge on any atom is 0.139 e. The molecule has 0 atom stereocenters. The third kappa shape index (κ3) is 0.983. The fourth-order valence-corrected chi connectivity index (χ4v) is 1.37. The van der Waals surface area contributed by atoms with Gasteiger partial charge in [0.1, 0.15) is 12.4 Å². The number of imidazole rings is 1. The standard InChI is InChI=1S/C8H7ClN2O/c9-6-2-1-3-11-7(6)4-10-8(11)5-12/h1-4,12H,5H2. The first-order valence-electron chi connectivity index (χ1n) is 3.54. The third-order valence-corrected chi connectivity index (χ3v) is 2.06. The van der Waals surface area contributed by atoms with Gasteiger partial charge in [-0.1, -0.05) is 11.6 Å². The molecule has 1 N–H and O–H groups in total. The molecule has 62 valence electrons. The largest absolute Gasteiger partial charge is 0.388 e. The van der Waals surface area contributed by atoms with Crippen LogP contribution in [-0.2, 0) is 6.61 Å². The fraction of sp³-hybridized carbons (Fsp3) is 0.125. The zero-order valence-electron chi connectivity index (χ0n) is 6.24. The molecule has 0 saturated heterocycles. The van der Waals surface area contributed by atoms with Gasteiger partial charge < -0.3 is 9.51 Å². The molecule has 0 bridgehead atoms. The van der Waals surface area contributed by atoms with E-state index in [9.17, 15) is 0 Å². The second-order valence-corrected chi connectivity index (χ2v) is 2.85. The fourth-order valence-electron chi connectivity index (χ4n) is 1.16. The number of aromatic nitrogens is 2. The quantitative estimate of drug-likeness (QED) is 0.726. The molecule has 0 aliphatic heterocycles. The third-order valence-electron chi connectivity index (χ3n) is 1.74. The van der Waals surface area contributed by atoms with Gasteiger partial charge in [-0.05, 0) is 12.1 Å². The lowest BCUT2D eigenvalue weighted by atomic mass is 10.4. The van der Waals surface area contributed by atoms with Crippen LogP contribution in [0.4, 0.5) is 0 Å². The van der Waals surface area contributed by atoms with E-state index in [0.29, 0.717) is 10.8 Å². The van der Waals surface area contributed by atoms with Gasteiger partial charge in [0, 0.05) is 6.20 Å². The number of hydrogen-bond acceptors (Lipinski definition) is 2. The van der Waals surface area contributed by atoms with Crippen molar-refractivity contribution in [2.24, 2.45) is 0 Å². The minimum atomic E-state index is -0.0749. The summed E-state index contributed by atoms with van der Waals surface area (Å²) >= 11 is 5.88. The summed E-state index contributed by atoms with van der Waals surface area (Å²) in [7, 11) is 0. The Labute approximate surface area is 74.2 Å². The number of hydrogen-bond donors (Lipinski definition) is 1. The van der Waals surface area contributed by atoms with E-state index >= 15 is 0 Å². The molecule has 4 heteroatoms. The summed E-state index contributed by atoms with van der Waals surface area (Å²) in [4.78, 5) is 4.00. The highest BCUT2D eigenvalue weighted by Gasteiger charge is 2.03. The van der Waals surface area contributed by atoms with Gasteiger partial charge in [-0.15, -0.1) is 0 Å². The molecule has 0 radical (unpaired) electrons. The number of pyridine rings is 1. The second kappa shape index (κ2) is 2.77. The van der Waals surface area contributed by atoms with Gasteiger partial charge in [-0.3, -0.25) is 0 Å². The van der Waals surface area contributed by atoms with Gasteiger partial charge in [0.15, 0.2) is 0 Å². The molecule has 0 aliphatic rings. The molecule has 0 spiro atoms. The topological polar surface area (TPSA) is 37.5 Å². The Morgan fingerprint density at radius 2 is 2.42 bits per heavy atom. The number of rotatable bonds is 1. The van der Waals surface area contributed by atoms with E-state index in [1.165, 1.54) is 0 Å². The van der Waals surface area contributed by atoms with Crippen molar-refractivity contribution in [3.63, 3.8) is 0 Å². The Hall–Kier alpha value is -1.06. The van der Waals surface area contributed by atoms with E-state index in [1.54, 1.807) is 16.7 Å². The predicted molar refractivity (Wildman–Crippen MR) is 46.1 cm³/mol. The van der Waals surface area contributed by atoms with Gasteiger partial charge in [-0.2, -0.15) is 0 Å². The van der Waals surface area contributed by atoms with Crippen LogP contribution in [0.25, 0.3) is 5.52 Å². The Balaban J connectivity index is 2.80. The van der Waals surface area contributed by atoms with Crippen molar-refractivity contribution < 1.29 is 5.11 Å². The van der Waals surface area contributed by atoms with Crippen LogP contribution in [0, 0.1) is 0 Å². The molecular formula is C8H7ClN2O. The average Bonchev–Trinajstić information content (AvgIpc) is 2.49. The van der Waals surface area contributed by atoms with E-state index in [-0.39, 0.29) is 6.61 Å². The first-order chi connectivity index (χ1) is 5.83. The van der Waals surface area contributed by atoms with Gasteiger partial charge >= 0.3 is 0 Å². The summed E-state index contributed by atoms with van der Waals surface area (Å²) in [5.74, 6) is 0.604. The van der Waals surface area contributed by atoms with Crippen molar-refractivity contribution >= 4 is 17.1 Å². The molecule has 3 nitrogen and oxygen atoms in total. The van der Waals surface area contributed by atoms with Crippen LogP contribution in [0.3, 0.4) is 0 Å². The Kier molecular flexibility index (Phi) is 1.75. The van der Waals surface area contributed by atoms with Crippen molar-refractivity contribution in [1.82, 2.24) is 9.38 Å². The van der Waals surface area contributed by atoms with Crippen molar-refractivity contribution in [3.8, 4) is 0 Å². The second-order valence-electron chi connectivity index (χ2n) is 2.44. The summed E-state index contributed by atoms with van der Waals surface area (Å²) in [6.07, 6.45) is 3.47. The molecule has 0 saturated carbocycles. The lowest BCUT2D eigenvalue weighted by Gasteiger charge is -1.97. The number of aliphatic hydroxyl groups excluding tert-OH is 1. The Morgan fingerprint density at radius 1 is 1.58 bits per heavy atom. The lowest BCUT2D eigenvalue weighted by molar-refractivity contribution is 0.270. The van der Waals surface area contributed by atoms with E-state index in [0.717, 1.165) is 5.52 Å². The lowest BCUT2D eigenvalue weighted by Crippen LogP contribution is -1.92. The normalized spacial score (nSPS) is 10.8. The van der Waals surface area contributed by atoms with Crippen LogP contribution in [0.5, 0.6) is 0 Å². The van der Waals surface area contributed by atoms with Crippen LogP contribution >= 0.6 is 11.6 Å². The van der Waals surface area contributed by atoms with Crippen LogP contribution in [0.1, 0.15) is 5.82 Å². The van der Waals surface area contributed by atoms with Crippen molar-refractivity contribution in [2.75, 3.05) is 0 Å². The summed E-state index contributed by atoms with van der Waals surface area (Å²) < 4.78 is 1.77.